The second-order valence-corrected chi connectivity index (χ2v) is 7.61. The van der Waals surface area contributed by atoms with E-state index in [1.165, 1.54) is 6.07 Å². The third-order valence-corrected chi connectivity index (χ3v) is 5.77. The van der Waals surface area contributed by atoms with Crippen LogP contribution >= 0.6 is 0 Å². The van der Waals surface area contributed by atoms with Crippen LogP contribution in [0, 0.1) is 5.82 Å². The number of aromatic nitrogens is 3. The van der Waals surface area contributed by atoms with Gasteiger partial charge in [-0.05, 0) is 36.4 Å². The number of fused-ring (bicyclic) bond motifs is 3. The monoisotopic (exact) mass is 443 g/mol. The quantitative estimate of drug-likeness (QED) is 0.351. The molecule has 3 aromatic rings. The molecule has 33 heavy (non-hydrogen) atoms. The van der Waals surface area contributed by atoms with Crippen LogP contribution in [0.1, 0.15) is 5.56 Å². The molecule has 0 unspecified atom stereocenters. The molecule has 7 heteroatoms. The Morgan fingerprint density at radius 1 is 0.818 bits per heavy atom. The van der Waals surface area contributed by atoms with Crippen molar-refractivity contribution in [3.05, 3.63) is 78.2 Å². The molecule has 166 valence electrons. The minimum Gasteiger partial charge on any atom is -0.497 e. The fourth-order valence-corrected chi connectivity index (χ4v) is 4.07. The van der Waals surface area contributed by atoms with E-state index in [4.69, 9.17) is 14.2 Å². The van der Waals surface area contributed by atoms with Crippen LogP contribution in [0.15, 0.2) is 66.9 Å². The maximum absolute atomic E-state index is 14.5. The van der Waals surface area contributed by atoms with Crippen molar-refractivity contribution >= 4 is 10.9 Å². The first-order valence-electron chi connectivity index (χ1n) is 10.4. The summed E-state index contributed by atoms with van der Waals surface area (Å²) in [6.45, 7) is 0.335. The molecular formula is C26H22FN3O3. The summed E-state index contributed by atoms with van der Waals surface area (Å²) in [5.41, 5.74) is 4.67. The highest BCUT2D eigenvalue weighted by Gasteiger charge is 2.22. The lowest BCUT2D eigenvalue weighted by Gasteiger charge is -2.18. The van der Waals surface area contributed by atoms with Gasteiger partial charge in [0.25, 0.3) is 0 Å². The highest BCUT2D eigenvalue weighted by atomic mass is 19.1. The van der Waals surface area contributed by atoms with Gasteiger partial charge in [-0.15, -0.1) is 10.2 Å². The molecule has 5 rings (SSSR count). The number of ether oxygens (including phenoxy) is 3. The molecule has 0 aromatic heterocycles. The summed E-state index contributed by atoms with van der Waals surface area (Å²) >= 11 is 0. The van der Waals surface area contributed by atoms with Crippen LogP contribution in [-0.4, -0.2) is 36.1 Å². The second-order valence-electron chi connectivity index (χ2n) is 7.61. The minimum absolute atomic E-state index is 0.257. The predicted molar refractivity (Wildman–Crippen MR) is 125 cm³/mol. The molecule has 2 heterocycles. The Balaban J connectivity index is 1.76. The fraction of sp³-hybridized carbons (Fsp3) is 0.154. The summed E-state index contributed by atoms with van der Waals surface area (Å²) in [6, 6.07) is 18.2. The van der Waals surface area contributed by atoms with E-state index in [0.29, 0.717) is 23.6 Å². The smallest absolute Gasteiger partial charge is 0.162 e. The molecule has 0 atom stereocenters. The van der Waals surface area contributed by atoms with Gasteiger partial charge in [-0.3, -0.25) is 0 Å². The van der Waals surface area contributed by atoms with Crippen LogP contribution in [0.2, 0.25) is 0 Å². The van der Waals surface area contributed by atoms with Crippen LogP contribution in [0.4, 0.5) is 4.39 Å². The van der Waals surface area contributed by atoms with Gasteiger partial charge in [0.2, 0.25) is 0 Å². The molecule has 6 nitrogen and oxygen atoms in total. The molecule has 2 aliphatic rings. The summed E-state index contributed by atoms with van der Waals surface area (Å²) < 4.78 is 32.8. The maximum atomic E-state index is 14.5. The number of hydrogen-bond acceptors (Lipinski definition) is 5. The molecule has 2 aliphatic heterocycles. The number of pyridine rings is 1. The lowest BCUT2D eigenvalue weighted by Crippen LogP contribution is -2.06. The predicted octanol–water partition coefficient (Wildman–Crippen LogP) is 5.42. The SMILES string of the molecule is COc1ccc(-c2nnc3c4cc(OC)c(OC)cc4n(Cc4ccccc4F)cc2-3)cc1. The first-order chi connectivity index (χ1) is 16.1. The van der Waals surface area contributed by atoms with Gasteiger partial charge in [-0.1, -0.05) is 18.2 Å². The van der Waals surface area contributed by atoms with Gasteiger partial charge in [0.05, 0.1) is 33.4 Å². The Morgan fingerprint density at radius 3 is 2.21 bits per heavy atom. The van der Waals surface area contributed by atoms with Crippen molar-refractivity contribution in [1.82, 2.24) is 14.8 Å². The third-order valence-electron chi connectivity index (χ3n) is 5.77. The number of halogens is 1. The Bertz CT molecular complexity index is 1410. The van der Waals surface area contributed by atoms with Crippen LogP contribution in [0.25, 0.3) is 33.4 Å². The van der Waals surface area contributed by atoms with Crippen molar-refractivity contribution in [2.45, 2.75) is 6.54 Å². The summed E-state index contributed by atoms with van der Waals surface area (Å²) in [7, 11) is 4.82. The largest absolute Gasteiger partial charge is 0.497 e. The topological polar surface area (TPSA) is 58.4 Å². The van der Waals surface area contributed by atoms with E-state index in [0.717, 1.165) is 39.2 Å². The van der Waals surface area contributed by atoms with Gasteiger partial charge in [-0.2, -0.15) is 0 Å². The lowest BCUT2D eigenvalue weighted by molar-refractivity contribution is 0.355. The first-order valence-corrected chi connectivity index (χ1v) is 10.4. The number of nitrogens with zero attached hydrogens (tertiary/aromatic N) is 3. The van der Waals surface area contributed by atoms with Gasteiger partial charge >= 0.3 is 0 Å². The molecule has 0 radical (unpaired) electrons. The molecule has 0 saturated heterocycles. The molecule has 0 spiro atoms. The van der Waals surface area contributed by atoms with E-state index in [1.807, 2.05) is 53.2 Å². The van der Waals surface area contributed by atoms with E-state index in [9.17, 15) is 4.39 Å². The van der Waals surface area contributed by atoms with E-state index in [1.54, 1.807) is 33.5 Å². The van der Waals surface area contributed by atoms with Crippen molar-refractivity contribution in [3.63, 3.8) is 0 Å². The molecule has 0 fully saturated rings. The number of benzene rings is 3. The number of hydrogen-bond donors (Lipinski definition) is 0. The van der Waals surface area contributed by atoms with Gasteiger partial charge in [0.15, 0.2) is 11.5 Å². The highest BCUT2D eigenvalue weighted by molar-refractivity contribution is 5.99. The molecule has 3 aromatic carbocycles. The molecule has 0 N–H and O–H groups in total. The average molecular weight is 443 g/mol. The molecule has 0 aliphatic carbocycles. The normalized spacial score (nSPS) is 11.2. The second kappa shape index (κ2) is 8.43. The zero-order chi connectivity index (χ0) is 22.9. The van der Waals surface area contributed by atoms with Crippen molar-refractivity contribution < 1.29 is 18.6 Å². The van der Waals surface area contributed by atoms with Gasteiger partial charge in [-0.25, -0.2) is 4.39 Å². The van der Waals surface area contributed by atoms with Gasteiger partial charge in [0.1, 0.15) is 23.0 Å². The minimum atomic E-state index is -0.257. The molecule has 0 amide bonds. The van der Waals surface area contributed by atoms with Gasteiger partial charge < -0.3 is 18.8 Å². The average Bonchev–Trinajstić information content (AvgIpc) is 3.28. The standard InChI is InChI=1S/C26H22FN3O3/c1-31-18-10-8-16(9-11-18)25-20-15-30(14-17-6-4-5-7-21(17)27)22-13-24(33-3)23(32-2)12-19(22)26(20)29-28-25/h4-13,15H,14H2,1-3H3. The van der Waals surface area contributed by atoms with E-state index in [2.05, 4.69) is 10.2 Å². The fourth-order valence-electron chi connectivity index (χ4n) is 4.07. The van der Waals surface area contributed by atoms with Crippen molar-refractivity contribution in [2.24, 2.45) is 0 Å². The van der Waals surface area contributed by atoms with Crippen molar-refractivity contribution in [1.29, 1.82) is 0 Å². The molecule has 0 saturated carbocycles. The van der Waals surface area contributed by atoms with Crippen molar-refractivity contribution in [2.75, 3.05) is 21.3 Å². The summed E-state index contributed by atoms with van der Waals surface area (Å²) in [5.74, 6) is 1.68. The van der Waals surface area contributed by atoms with Gasteiger partial charge in [0, 0.05) is 34.3 Å². The summed E-state index contributed by atoms with van der Waals surface area (Å²) in [5, 5.41) is 9.82. The van der Waals surface area contributed by atoms with Crippen LogP contribution < -0.4 is 14.2 Å². The Morgan fingerprint density at radius 2 is 1.52 bits per heavy atom. The zero-order valence-electron chi connectivity index (χ0n) is 18.5. The van der Waals surface area contributed by atoms with E-state index in [-0.39, 0.29) is 5.82 Å². The summed E-state index contributed by atoms with van der Waals surface area (Å²) in [6.07, 6.45) is 1.97. The van der Waals surface area contributed by atoms with Crippen LogP contribution in [0.3, 0.4) is 0 Å². The molecule has 0 bridgehead atoms. The van der Waals surface area contributed by atoms with Crippen LogP contribution in [-0.2, 0) is 6.54 Å². The van der Waals surface area contributed by atoms with E-state index >= 15 is 0 Å². The highest BCUT2D eigenvalue weighted by Crippen LogP contribution is 2.41. The Kier molecular flexibility index (Phi) is 5.30. The zero-order valence-corrected chi connectivity index (χ0v) is 18.5. The lowest BCUT2D eigenvalue weighted by atomic mass is 10.0. The third kappa shape index (κ3) is 3.61. The number of rotatable bonds is 6. The van der Waals surface area contributed by atoms with E-state index < -0.39 is 0 Å². The van der Waals surface area contributed by atoms with Crippen molar-refractivity contribution in [3.8, 4) is 39.8 Å². The molecular weight excluding hydrogens is 421 g/mol. The Labute approximate surface area is 190 Å². The Hall–Kier alpha value is -4.13. The maximum Gasteiger partial charge on any atom is 0.162 e. The van der Waals surface area contributed by atoms with Crippen LogP contribution in [0.5, 0.6) is 17.2 Å². The summed E-state index contributed by atoms with van der Waals surface area (Å²) in [4.78, 5) is 0. The number of methoxy groups -OCH3 is 3. The first kappa shape index (κ1) is 20.8.